The number of ether oxygens (including phenoxy) is 2. The zero-order valence-corrected chi connectivity index (χ0v) is 19.8. The molecule has 0 aromatic heterocycles. The highest BCUT2D eigenvalue weighted by Gasteiger charge is 2.33. The van der Waals surface area contributed by atoms with Crippen molar-refractivity contribution in [3.05, 3.63) is 93.5 Å². The Balaban J connectivity index is 1.78. The molecule has 0 amide bonds. The summed E-state index contributed by atoms with van der Waals surface area (Å²) in [6.45, 7) is 6.58. The van der Waals surface area contributed by atoms with E-state index in [1.165, 1.54) is 0 Å². The Morgan fingerprint density at radius 3 is 2.12 bits per heavy atom. The van der Waals surface area contributed by atoms with Gasteiger partial charge in [-0.1, -0.05) is 47.5 Å². The maximum absolute atomic E-state index is 6.14. The zero-order chi connectivity index (χ0) is 22.7. The number of halogens is 2. The molecule has 0 spiro atoms. The van der Waals surface area contributed by atoms with Gasteiger partial charge in [0.2, 0.25) is 0 Å². The van der Waals surface area contributed by atoms with E-state index in [1.807, 2.05) is 87.5 Å². The Morgan fingerprint density at radius 1 is 0.906 bits per heavy atom. The van der Waals surface area contributed by atoms with E-state index in [4.69, 9.17) is 37.7 Å². The fourth-order valence-corrected chi connectivity index (χ4v) is 4.05. The van der Waals surface area contributed by atoms with Crippen molar-refractivity contribution in [3.8, 4) is 11.5 Å². The van der Waals surface area contributed by atoms with Gasteiger partial charge in [0.05, 0.1) is 24.3 Å². The van der Waals surface area contributed by atoms with Crippen LogP contribution in [0.2, 0.25) is 10.0 Å². The smallest absolute Gasteiger partial charge is 0.133 e. The van der Waals surface area contributed by atoms with E-state index in [9.17, 15) is 0 Å². The van der Waals surface area contributed by atoms with Crippen molar-refractivity contribution in [2.45, 2.75) is 39.0 Å². The molecule has 0 unspecified atom stereocenters. The fourth-order valence-electron chi connectivity index (χ4n) is 3.79. The van der Waals surface area contributed by atoms with Gasteiger partial charge in [0.25, 0.3) is 0 Å². The van der Waals surface area contributed by atoms with Crippen LogP contribution in [0.15, 0.2) is 71.7 Å². The van der Waals surface area contributed by atoms with Gasteiger partial charge in [0, 0.05) is 10.0 Å². The van der Waals surface area contributed by atoms with Crippen molar-refractivity contribution >= 4 is 29.0 Å². The Bertz CT molecular complexity index is 1100. The molecular weight excluding hydrogens is 443 g/mol. The van der Waals surface area contributed by atoms with E-state index in [0.29, 0.717) is 16.7 Å². The van der Waals surface area contributed by atoms with Crippen LogP contribution in [0.25, 0.3) is 0 Å². The molecule has 4 rings (SSSR count). The third kappa shape index (κ3) is 5.03. The summed E-state index contributed by atoms with van der Waals surface area (Å²) in [6, 6.07) is 21.3. The van der Waals surface area contributed by atoms with Gasteiger partial charge in [-0.3, -0.25) is 4.99 Å². The van der Waals surface area contributed by atoms with Crippen molar-refractivity contribution in [2.24, 2.45) is 4.99 Å². The van der Waals surface area contributed by atoms with Crippen LogP contribution >= 0.6 is 23.2 Å². The highest BCUT2D eigenvalue weighted by molar-refractivity contribution is 6.30. The number of rotatable bonds is 7. The third-order valence-electron chi connectivity index (χ3n) is 5.20. The first kappa shape index (κ1) is 22.5. The first-order chi connectivity index (χ1) is 15.4. The Morgan fingerprint density at radius 2 is 1.53 bits per heavy atom. The Kier molecular flexibility index (Phi) is 6.92. The molecule has 6 heteroatoms. The molecule has 1 aliphatic heterocycles. The van der Waals surface area contributed by atoms with Crippen LogP contribution in [-0.2, 0) is 0 Å². The molecule has 0 bridgehead atoms. The topological polar surface area (TPSA) is 42.9 Å². The van der Waals surface area contributed by atoms with Crippen LogP contribution in [0, 0.1) is 0 Å². The number of amidine groups is 1. The van der Waals surface area contributed by atoms with Crippen molar-refractivity contribution in [3.63, 3.8) is 0 Å². The molecule has 166 valence electrons. The summed E-state index contributed by atoms with van der Waals surface area (Å²) in [4.78, 5) is 5.10. The van der Waals surface area contributed by atoms with Gasteiger partial charge >= 0.3 is 0 Å². The van der Waals surface area contributed by atoms with Crippen LogP contribution in [0.1, 0.15) is 49.5 Å². The average Bonchev–Trinajstić information content (AvgIpc) is 3.21. The van der Waals surface area contributed by atoms with Crippen molar-refractivity contribution in [2.75, 3.05) is 6.61 Å². The minimum Gasteiger partial charge on any atom is -0.494 e. The van der Waals surface area contributed by atoms with Gasteiger partial charge in [-0.15, -0.1) is 0 Å². The molecule has 0 radical (unpaired) electrons. The molecule has 3 aromatic rings. The first-order valence-corrected chi connectivity index (χ1v) is 11.5. The minimum atomic E-state index is -0.133. The maximum Gasteiger partial charge on any atom is 0.133 e. The van der Waals surface area contributed by atoms with Gasteiger partial charge in [0.1, 0.15) is 23.4 Å². The highest BCUT2D eigenvalue weighted by atomic mass is 35.5. The molecule has 1 heterocycles. The summed E-state index contributed by atoms with van der Waals surface area (Å²) < 4.78 is 11.8. The first-order valence-electron chi connectivity index (χ1n) is 10.7. The lowest BCUT2D eigenvalue weighted by atomic mass is 9.95. The summed E-state index contributed by atoms with van der Waals surface area (Å²) in [5.41, 5.74) is 3.05. The fraction of sp³-hybridized carbons (Fsp3) is 0.269. The van der Waals surface area contributed by atoms with E-state index in [1.54, 1.807) is 0 Å². The highest BCUT2D eigenvalue weighted by Crippen LogP contribution is 2.39. The molecule has 0 saturated carbocycles. The number of hydrogen-bond donors (Lipinski definition) is 1. The molecule has 0 aliphatic carbocycles. The summed E-state index contributed by atoms with van der Waals surface area (Å²) in [5, 5.41) is 5.03. The summed E-state index contributed by atoms with van der Waals surface area (Å²) in [6.07, 6.45) is 0.0350. The number of benzene rings is 3. The monoisotopic (exact) mass is 468 g/mol. The second kappa shape index (κ2) is 9.85. The molecule has 32 heavy (non-hydrogen) atoms. The van der Waals surface area contributed by atoms with Crippen LogP contribution in [0.3, 0.4) is 0 Å². The summed E-state index contributed by atoms with van der Waals surface area (Å²) in [5.74, 6) is 2.31. The van der Waals surface area contributed by atoms with Crippen molar-refractivity contribution in [1.29, 1.82) is 0 Å². The van der Waals surface area contributed by atoms with Crippen LogP contribution in [0.5, 0.6) is 11.5 Å². The maximum atomic E-state index is 6.14. The lowest BCUT2D eigenvalue weighted by Gasteiger charge is -2.20. The number of aliphatic imine (C=N–C) groups is 1. The normalized spacial score (nSPS) is 17.8. The summed E-state index contributed by atoms with van der Waals surface area (Å²) in [7, 11) is 0. The van der Waals surface area contributed by atoms with Gasteiger partial charge in [-0.05, 0) is 74.4 Å². The molecule has 4 nitrogen and oxygen atoms in total. The van der Waals surface area contributed by atoms with Crippen molar-refractivity contribution in [1.82, 2.24) is 5.32 Å². The van der Waals surface area contributed by atoms with E-state index < -0.39 is 0 Å². The molecular formula is C26H26Cl2N2O2. The van der Waals surface area contributed by atoms with Crippen LogP contribution in [0.4, 0.5) is 0 Å². The third-order valence-corrected chi connectivity index (χ3v) is 5.70. The van der Waals surface area contributed by atoms with Gasteiger partial charge in [-0.2, -0.15) is 0 Å². The quantitative estimate of drug-likeness (QED) is 0.405. The Labute approximate surface area is 199 Å². The second-order valence-electron chi connectivity index (χ2n) is 7.91. The molecule has 1 aliphatic rings. The molecule has 0 saturated heterocycles. The number of nitrogens with zero attached hydrogens (tertiary/aromatic N) is 1. The van der Waals surface area contributed by atoms with Gasteiger partial charge < -0.3 is 14.8 Å². The predicted molar refractivity (Wildman–Crippen MR) is 131 cm³/mol. The molecule has 2 atom stereocenters. The SMILES string of the molecule is CCOc1ccc(OC(C)C)c(C2=N[C@@H](c3ccc(Cl)cc3)[C@@H](c3ccc(Cl)cc3)N2)c1. The second-order valence-corrected chi connectivity index (χ2v) is 8.78. The van der Waals surface area contributed by atoms with E-state index in [0.717, 1.165) is 34.0 Å². The Hall–Kier alpha value is -2.69. The predicted octanol–water partition coefficient (Wildman–Crippen LogP) is 7.01. The molecule has 0 fully saturated rings. The lowest BCUT2D eigenvalue weighted by molar-refractivity contribution is 0.241. The number of nitrogens with one attached hydrogen (secondary N) is 1. The largest absolute Gasteiger partial charge is 0.494 e. The van der Waals surface area contributed by atoms with Crippen LogP contribution < -0.4 is 14.8 Å². The summed E-state index contributed by atoms with van der Waals surface area (Å²) >= 11 is 12.3. The zero-order valence-electron chi connectivity index (χ0n) is 18.3. The number of hydrogen-bond acceptors (Lipinski definition) is 4. The molecule has 1 N–H and O–H groups in total. The van der Waals surface area contributed by atoms with Crippen LogP contribution in [-0.4, -0.2) is 18.5 Å². The van der Waals surface area contributed by atoms with E-state index >= 15 is 0 Å². The lowest BCUT2D eigenvalue weighted by Crippen LogP contribution is -2.26. The average molecular weight is 469 g/mol. The molecule has 3 aromatic carbocycles. The van der Waals surface area contributed by atoms with Gasteiger partial charge in [0.15, 0.2) is 0 Å². The van der Waals surface area contributed by atoms with Crippen molar-refractivity contribution < 1.29 is 9.47 Å². The van der Waals surface area contributed by atoms with E-state index in [-0.39, 0.29) is 18.2 Å². The van der Waals surface area contributed by atoms with E-state index in [2.05, 4.69) is 5.32 Å². The minimum absolute atomic E-state index is 0.0350. The standard InChI is InChI=1S/C26H26Cl2N2O2/c1-4-31-21-13-14-23(32-16(2)3)22(15-21)26-29-24(17-5-9-19(27)10-6-17)25(30-26)18-7-11-20(28)12-8-18/h5-16,24-25H,4H2,1-3H3,(H,29,30)/t24-,25+. The van der Waals surface area contributed by atoms with Gasteiger partial charge in [-0.25, -0.2) is 0 Å².